The quantitative estimate of drug-likeness (QED) is 0.486. The van der Waals surface area contributed by atoms with Crippen LogP contribution in [0.5, 0.6) is 11.5 Å². The minimum Gasteiger partial charge on any atom is -0.489 e. The first-order valence-corrected chi connectivity index (χ1v) is 9.25. The molecule has 0 saturated heterocycles. The van der Waals surface area contributed by atoms with Crippen molar-refractivity contribution in [2.24, 2.45) is 10.7 Å². The molecule has 0 radical (unpaired) electrons. The number of nitro groups is 1. The number of fused-ring (bicyclic) bond motifs is 4. The summed E-state index contributed by atoms with van der Waals surface area (Å²) in [7, 11) is 0. The Kier molecular flexibility index (Phi) is 3.95. The number of hydrogen-bond acceptors (Lipinski definition) is 8. The summed E-state index contributed by atoms with van der Waals surface area (Å²) in [6.07, 6.45) is 0.0553. The number of nitrogens with two attached hydrogens (primary N) is 1. The van der Waals surface area contributed by atoms with Crippen molar-refractivity contribution in [2.75, 3.05) is 18.5 Å². The van der Waals surface area contributed by atoms with Crippen LogP contribution in [0.25, 0.3) is 11.0 Å². The molecule has 1 atom stereocenters. The third kappa shape index (κ3) is 2.88. The Hall–Kier alpha value is -3.53. The minimum absolute atomic E-state index is 0.0896. The zero-order valence-corrected chi connectivity index (χ0v) is 15.7. The normalized spacial score (nSPS) is 17.8. The maximum absolute atomic E-state index is 11.3. The number of non-ortho nitro benzene ring substituents is 1. The number of rotatable bonds is 2. The van der Waals surface area contributed by atoms with Crippen molar-refractivity contribution in [3.63, 3.8) is 0 Å². The van der Waals surface area contributed by atoms with Crippen molar-refractivity contribution in [1.82, 2.24) is 9.55 Å². The molecule has 3 heterocycles. The van der Waals surface area contributed by atoms with Crippen molar-refractivity contribution in [1.29, 1.82) is 0 Å². The fraction of sp³-hybridized carbons (Fsp3) is 0.222. The Balaban J connectivity index is 1.72. The lowest BCUT2D eigenvalue weighted by Gasteiger charge is -2.24. The predicted octanol–water partition coefficient (Wildman–Crippen LogP) is 3.05. The third-order valence-corrected chi connectivity index (χ3v) is 5.12. The van der Waals surface area contributed by atoms with Gasteiger partial charge in [-0.15, -0.1) is 0 Å². The van der Waals surface area contributed by atoms with Gasteiger partial charge >= 0.3 is 0 Å². The molecule has 0 fully saturated rings. The number of ether oxygens (including phenoxy) is 2. The van der Waals surface area contributed by atoms with Crippen LogP contribution in [-0.2, 0) is 0 Å². The summed E-state index contributed by atoms with van der Waals surface area (Å²) in [6, 6.07) is 7.84. The fourth-order valence-corrected chi connectivity index (χ4v) is 3.69. The number of nitrogens with zero attached hydrogens (tertiary/aromatic N) is 4. The van der Waals surface area contributed by atoms with E-state index in [9.17, 15) is 10.1 Å². The van der Waals surface area contributed by atoms with Crippen LogP contribution < -0.4 is 20.5 Å². The molecule has 0 aliphatic carbocycles. The Morgan fingerprint density at radius 3 is 2.76 bits per heavy atom. The van der Waals surface area contributed by atoms with E-state index in [1.807, 2.05) is 6.07 Å². The zero-order valence-electron chi connectivity index (χ0n) is 15.0. The lowest BCUT2D eigenvalue weighted by atomic mass is 10.1. The first-order chi connectivity index (χ1) is 14.0. The number of anilines is 1. The molecular weight excluding hydrogens is 400 g/mol. The molecule has 1 aromatic heterocycles. The van der Waals surface area contributed by atoms with E-state index in [0.717, 1.165) is 6.42 Å². The number of aromatic nitrogens is 2. The Bertz CT molecular complexity index is 1190. The molecule has 3 N–H and O–H groups in total. The molecule has 148 valence electrons. The second-order valence-corrected chi connectivity index (χ2v) is 7.03. The number of nitrogens with one attached hydrogen (secondary N) is 1. The molecule has 0 saturated carbocycles. The first-order valence-electron chi connectivity index (χ1n) is 8.87. The molecule has 2 aliphatic heterocycles. The van der Waals surface area contributed by atoms with Crippen molar-refractivity contribution in [3.05, 3.63) is 51.0 Å². The predicted molar refractivity (Wildman–Crippen MR) is 107 cm³/mol. The van der Waals surface area contributed by atoms with Crippen LogP contribution in [0.2, 0.25) is 5.02 Å². The van der Waals surface area contributed by atoms with Gasteiger partial charge in [0, 0.05) is 41.3 Å². The lowest BCUT2D eigenvalue weighted by molar-refractivity contribution is -0.384. The molecule has 29 heavy (non-hydrogen) atoms. The van der Waals surface area contributed by atoms with Gasteiger partial charge in [0.25, 0.3) is 5.69 Å². The van der Waals surface area contributed by atoms with Gasteiger partial charge in [-0.1, -0.05) is 11.6 Å². The number of guanidine groups is 1. The minimum atomic E-state index is -0.728. The molecular formula is C18H15ClN6O4. The van der Waals surface area contributed by atoms with Gasteiger partial charge in [0.2, 0.25) is 5.95 Å². The second kappa shape index (κ2) is 6.52. The maximum Gasteiger partial charge on any atom is 0.269 e. The van der Waals surface area contributed by atoms with Crippen LogP contribution in [0.1, 0.15) is 18.2 Å². The molecule has 2 aliphatic rings. The van der Waals surface area contributed by atoms with Gasteiger partial charge in [-0.3, -0.25) is 20.0 Å². The van der Waals surface area contributed by atoms with Gasteiger partial charge in [0.1, 0.15) is 0 Å². The number of hydrogen-bond donors (Lipinski definition) is 2. The summed E-state index contributed by atoms with van der Waals surface area (Å²) >= 11 is 6.37. The second-order valence-electron chi connectivity index (χ2n) is 6.62. The van der Waals surface area contributed by atoms with E-state index in [1.165, 1.54) is 18.2 Å². The van der Waals surface area contributed by atoms with Crippen molar-refractivity contribution in [2.45, 2.75) is 12.6 Å². The van der Waals surface area contributed by atoms with Gasteiger partial charge in [0.15, 0.2) is 23.6 Å². The van der Waals surface area contributed by atoms with Crippen LogP contribution in [0, 0.1) is 10.1 Å². The molecule has 11 heteroatoms. The average molecular weight is 415 g/mol. The monoisotopic (exact) mass is 414 g/mol. The number of nitro benzene ring substituents is 1. The van der Waals surface area contributed by atoms with E-state index >= 15 is 0 Å². The highest BCUT2D eigenvalue weighted by Crippen LogP contribution is 2.40. The van der Waals surface area contributed by atoms with E-state index < -0.39 is 11.1 Å². The van der Waals surface area contributed by atoms with E-state index in [-0.39, 0.29) is 11.6 Å². The van der Waals surface area contributed by atoms with Gasteiger partial charge in [-0.2, -0.15) is 0 Å². The van der Waals surface area contributed by atoms with Crippen LogP contribution >= 0.6 is 11.6 Å². The molecule has 10 nitrogen and oxygen atoms in total. The topological polar surface area (TPSA) is 130 Å². The maximum atomic E-state index is 11.3. The third-order valence-electron chi connectivity index (χ3n) is 4.77. The highest BCUT2D eigenvalue weighted by Gasteiger charge is 2.29. The van der Waals surface area contributed by atoms with Crippen molar-refractivity contribution >= 4 is 40.2 Å². The van der Waals surface area contributed by atoms with Crippen LogP contribution in [0.4, 0.5) is 11.6 Å². The molecule has 0 unspecified atom stereocenters. The van der Waals surface area contributed by atoms with Gasteiger partial charge < -0.3 is 15.2 Å². The summed E-state index contributed by atoms with van der Waals surface area (Å²) in [5.41, 5.74) is 7.66. The van der Waals surface area contributed by atoms with E-state index in [4.69, 9.17) is 26.8 Å². The van der Waals surface area contributed by atoms with Crippen LogP contribution in [0.15, 0.2) is 35.3 Å². The summed E-state index contributed by atoms with van der Waals surface area (Å²) in [6.45, 7) is 1.11. The zero-order chi connectivity index (χ0) is 20.1. The molecule has 5 rings (SSSR count). The summed E-state index contributed by atoms with van der Waals surface area (Å²) in [5.74, 6) is 1.79. The largest absolute Gasteiger partial charge is 0.489 e. The van der Waals surface area contributed by atoms with Gasteiger partial charge in [-0.25, -0.2) is 9.98 Å². The highest BCUT2D eigenvalue weighted by atomic mass is 35.5. The lowest BCUT2D eigenvalue weighted by Crippen LogP contribution is -2.31. The number of imidazole rings is 1. The molecule has 0 amide bonds. The van der Waals surface area contributed by atoms with Crippen LogP contribution in [0.3, 0.4) is 0 Å². The molecule has 0 spiro atoms. The highest BCUT2D eigenvalue weighted by molar-refractivity contribution is 6.31. The fourth-order valence-electron chi connectivity index (χ4n) is 3.48. The van der Waals surface area contributed by atoms with Crippen molar-refractivity contribution < 1.29 is 14.4 Å². The van der Waals surface area contributed by atoms with E-state index in [0.29, 0.717) is 52.3 Å². The molecule has 2 aromatic carbocycles. The van der Waals surface area contributed by atoms with Gasteiger partial charge in [-0.05, 0) is 6.07 Å². The number of halogens is 1. The number of aliphatic imine (C=N–C) groups is 1. The SMILES string of the molecule is NC1=N[C@H](c2cc([N+](=O)[O-])ccc2Cl)n2c(nc3cc4c(cc32)OCCCO4)N1. The molecule has 3 aromatic rings. The Labute approximate surface area is 169 Å². The van der Waals surface area contributed by atoms with E-state index in [2.05, 4.69) is 15.3 Å². The summed E-state index contributed by atoms with van der Waals surface area (Å²) < 4.78 is 13.3. The first kappa shape index (κ1) is 17.6. The van der Waals surface area contributed by atoms with Crippen molar-refractivity contribution in [3.8, 4) is 11.5 Å². The molecule has 0 bridgehead atoms. The summed E-state index contributed by atoms with van der Waals surface area (Å²) in [5, 5.41) is 14.5. The van der Waals surface area contributed by atoms with Gasteiger partial charge in [0.05, 0.1) is 29.2 Å². The average Bonchev–Trinajstić information content (AvgIpc) is 2.87. The standard InChI is InChI=1S/C18H15ClN6O4/c19-11-3-2-9(25(26)27)6-10(11)16-22-17(20)23-18-21-12-7-14-15(8-13(12)24(16)18)29-5-1-4-28-14/h2-3,6-8,16H,1,4-5H2,(H3,20,21,22,23)/t16-/m0/s1. The van der Waals surface area contributed by atoms with Crippen LogP contribution in [-0.4, -0.2) is 33.6 Å². The Morgan fingerprint density at radius 1 is 1.24 bits per heavy atom. The van der Waals surface area contributed by atoms with E-state index in [1.54, 1.807) is 10.6 Å². The Morgan fingerprint density at radius 2 is 2.00 bits per heavy atom. The smallest absolute Gasteiger partial charge is 0.269 e. The number of benzene rings is 2. The summed E-state index contributed by atoms with van der Waals surface area (Å²) in [4.78, 5) is 19.8.